The number of amides is 1. The van der Waals surface area contributed by atoms with Crippen LogP contribution in [0.4, 0.5) is 5.69 Å². The Balaban J connectivity index is 2.24. The van der Waals surface area contributed by atoms with Gasteiger partial charge in [-0.05, 0) is 31.2 Å². The van der Waals surface area contributed by atoms with Gasteiger partial charge in [0.1, 0.15) is 6.04 Å². The van der Waals surface area contributed by atoms with Crippen LogP contribution in [-0.2, 0) is 4.79 Å². The van der Waals surface area contributed by atoms with E-state index in [2.05, 4.69) is 0 Å². The summed E-state index contributed by atoms with van der Waals surface area (Å²) in [5.74, 6) is 0.0840. The Labute approximate surface area is 113 Å². The number of Topliss-reactive ketones (excluding diaryl/α,β-unsaturated/α-hetero) is 1. The lowest BCUT2D eigenvalue weighted by Crippen LogP contribution is -2.58. The summed E-state index contributed by atoms with van der Waals surface area (Å²) < 4.78 is 0. The summed E-state index contributed by atoms with van der Waals surface area (Å²) in [6.45, 7) is 3.27. The van der Waals surface area contributed by atoms with Crippen LogP contribution in [0.5, 0.6) is 0 Å². The number of nitrogens with zero attached hydrogens (tertiary/aromatic N) is 2. The van der Waals surface area contributed by atoms with E-state index < -0.39 is 0 Å². The molecule has 102 valence electrons. The van der Waals surface area contributed by atoms with Crippen LogP contribution in [-0.4, -0.2) is 49.3 Å². The van der Waals surface area contributed by atoms with E-state index in [0.717, 1.165) is 12.2 Å². The number of ketones is 1. The molecule has 2 N–H and O–H groups in total. The van der Waals surface area contributed by atoms with Crippen molar-refractivity contribution in [1.82, 2.24) is 4.90 Å². The summed E-state index contributed by atoms with van der Waals surface area (Å²) in [4.78, 5) is 27.0. The molecule has 1 amide bonds. The molecule has 1 aliphatic heterocycles. The van der Waals surface area contributed by atoms with Gasteiger partial charge in [0.25, 0.3) is 0 Å². The topological polar surface area (TPSA) is 66.6 Å². The highest BCUT2D eigenvalue weighted by Crippen LogP contribution is 2.21. The van der Waals surface area contributed by atoms with E-state index in [1.54, 1.807) is 24.1 Å². The second-order valence-corrected chi connectivity index (χ2v) is 4.81. The summed E-state index contributed by atoms with van der Waals surface area (Å²) in [6, 6.07) is 7.00. The van der Waals surface area contributed by atoms with Crippen LogP contribution in [0.25, 0.3) is 0 Å². The van der Waals surface area contributed by atoms with Crippen molar-refractivity contribution < 1.29 is 9.59 Å². The summed E-state index contributed by atoms with van der Waals surface area (Å²) >= 11 is 0. The number of benzene rings is 1. The second-order valence-electron chi connectivity index (χ2n) is 4.81. The smallest absolute Gasteiger partial charge is 0.246 e. The Bertz CT molecular complexity index is 484. The molecule has 0 bridgehead atoms. The first-order valence-corrected chi connectivity index (χ1v) is 6.37. The van der Waals surface area contributed by atoms with Crippen LogP contribution in [0.1, 0.15) is 17.3 Å². The molecule has 5 heteroatoms. The summed E-state index contributed by atoms with van der Waals surface area (Å²) in [5, 5.41) is 0. The first-order chi connectivity index (χ1) is 9.04. The number of piperazine rings is 1. The van der Waals surface area contributed by atoms with E-state index in [0.29, 0.717) is 12.1 Å². The van der Waals surface area contributed by atoms with Crippen molar-refractivity contribution in [2.45, 2.75) is 13.0 Å². The molecule has 0 spiro atoms. The minimum absolute atomic E-state index is 0.0383. The lowest BCUT2D eigenvalue weighted by molar-refractivity contribution is -0.132. The van der Waals surface area contributed by atoms with E-state index in [-0.39, 0.29) is 24.3 Å². The van der Waals surface area contributed by atoms with Crippen LogP contribution in [0.3, 0.4) is 0 Å². The van der Waals surface area contributed by atoms with Crippen LogP contribution in [0.2, 0.25) is 0 Å². The molecule has 1 heterocycles. The van der Waals surface area contributed by atoms with Gasteiger partial charge in [-0.25, -0.2) is 0 Å². The number of likely N-dealkylation sites (N-methyl/N-ethyl adjacent to an activating group) is 1. The fraction of sp³-hybridized carbons (Fsp3) is 0.429. The van der Waals surface area contributed by atoms with Gasteiger partial charge in [-0.2, -0.15) is 0 Å². The molecule has 1 atom stereocenters. The predicted octanol–water partition coefficient (Wildman–Crippen LogP) is 0.495. The van der Waals surface area contributed by atoms with Crippen molar-refractivity contribution >= 4 is 17.4 Å². The highest BCUT2D eigenvalue weighted by atomic mass is 16.2. The molecule has 1 saturated heterocycles. The van der Waals surface area contributed by atoms with Gasteiger partial charge in [0, 0.05) is 37.9 Å². The molecular formula is C14H19N3O2. The van der Waals surface area contributed by atoms with Crippen LogP contribution >= 0.6 is 0 Å². The molecule has 1 unspecified atom stereocenters. The molecule has 5 nitrogen and oxygen atoms in total. The van der Waals surface area contributed by atoms with E-state index in [1.165, 1.54) is 6.92 Å². The van der Waals surface area contributed by atoms with Crippen LogP contribution in [0.15, 0.2) is 24.3 Å². The second kappa shape index (κ2) is 5.40. The number of carbonyl (C=O) groups is 2. The minimum Gasteiger partial charge on any atom is -0.357 e. The zero-order chi connectivity index (χ0) is 14.0. The quantitative estimate of drug-likeness (QED) is 0.804. The maximum atomic E-state index is 12.1. The molecule has 0 aromatic heterocycles. The standard InChI is InChI=1S/C14H19N3O2/c1-10(18)11-3-5-12(6-4-11)17-8-7-16(2)14(19)13(17)9-15/h3-6,13H,7-9,15H2,1-2H3. The van der Waals surface area contributed by atoms with Gasteiger partial charge in [0.2, 0.25) is 5.91 Å². The number of nitrogens with two attached hydrogens (primary N) is 1. The van der Waals surface area contributed by atoms with Crippen LogP contribution < -0.4 is 10.6 Å². The van der Waals surface area contributed by atoms with Gasteiger partial charge in [-0.15, -0.1) is 0 Å². The van der Waals surface area contributed by atoms with Crippen molar-refractivity contribution in [1.29, 1.82) is 0 Å². The van der Waals surface area contributed by atoms with E-state index in [1.807, 2.05) is 17.0 Å². The van der Waals surface area contributed by atoms with Crippen molar-refractivity contribution in [3.63, 3.8) is 0 Å². The van der Waals surface area contributed by atoms with Gasteiger partial charge in [-0.3, -0.25) is 9.59 Å². The normalized spacial score (nSPS) is 19.7. The van der Waals surface area contributed by atoms with Crippen molar-refractivity contribution in [2.75, 3.05) is 31.6 Å². The molecule has 2 rings (SSSR count). The van der Waals surface area contributed by atoms with Crippen LogP contribution in [0, 0.1) is 0 Å². The number of rotatable bonds is 3. The van der Waals surface area contributed by atoms with Gasteiger partial charge in [0.05, 0.1) is 0 Å². The molecule has 0 radical (unpaired) electrons. The van der Waals surface area contributed by atoms with Gasteiger partial charge < -0.3 is 15.5 Å². The highest BCUT2D eigenvalue weighted by molar-refractivity contribution is 5.94. The number of hydrogen-bond donors (Lipinski definition) is 1. The minimum atomic E-state index is -0.318. The van der Waals surface area contributed by atoms with Crippen molar-refractivity contribution in [2.24, 2.45) is 5.73 Å². The predicted molar refractivity (Wildman–Crippen MR) is 74.3 cm³/mol. The third kappa shape index (κ3) is 2.61. The van der Waals surface area contributed by atoms with Crippen molar-refractivity contribution in [3.05, 3.63) is 29.8 Å². The van der Waals surface area contributed by atoms with E-state index in [9.17, 15) is 9.59 Å². The summed E-state index contributed by atoms with van der Waals surface area (Å²) in [7, 11) is 1.79. The first-order valence-electron chi connectivity index (χ1n) is 6.37. The maximum Gasteiger partial charge on any atom is 0.246 e. The molecule has 1 aliphatic rings. The lowest BCUT2D eigenvalue weighted by Gasteiger charge is -2.40. The Hall–Kier alpha value is -1.88. The largest absolute Gasteiger partial charge is 0.357 e. The third-order valence-electron chi connectivity index (χ3n) is 3.54. The zero-order valence-corrected chi connectivity index (χ0v) is 11.3. The fourth-order valence-corrected chi connectivity index (χ4v) is 2.34. The lowest BCUT2D eigenvalue weighted by atomic mass is 10.1. The average molecular weight is 261 g/mol. The summed E-state index contributed by atoms with van der Waals surface area (Å²) in [6.07, 6.45) is 0. The molecule has 0 aliphatic carbocycles. The van der Waals surface area contributed by atoms with E-state index >= 15 is 0 Å². The fourth-order valence-electron chi connectivity index (χ4n) is 2.34. The molecule has 19 heavy (non-hydrogen) atoms. The average Bonchev–Trinajstić information content (AvgIpc) is 2.41. The Kier molecular flexibility index (Phi) is 3.85. The van der Waals surface area contributed by atoms with E-state index in [4.69, 9.17) is 5.73 Å². The van der Waals surface area contributed by atoms with Gasteiger partial charge in [0.15, 0.2) is 5.78 Å². The first kappa shape index (κ1) is 13.5. The molecule has 1 fully saturated rings. The summed E-state index contributed by atoms with van der Waals surface area (Å²) in [5.41, 5.74) is 7.33. The molecule has 1 aromatic carbocycles. The van der Waals surface area contributed by atoms with Crippen molar-refractivity contribution in [3.8, 4) is 0 Å². The molecule has 0 saturated carbocycles. The molecule has 1 aromatic rings. The number of hydrogen-bond acceptors (Lipinski definition) is 4. The number of anilines is 1. The molecular weight excluding hydrogens is 242 g/mol. The zero-order valence-electron chi connectivity index (χ0n) is 11.3. The van der Waals surface area contributed by atoms with Gasteiger partial charge >= 0.3 is 0 Å². The monoisotopic (exact) mass is 261 g/mol. The Morgan fingerprint density at radius 1 is 1.32 bits per heavy atom. The SMILES string of the molecule is CC(=O)c1ccc(N2CCN(C)C(=O)C2CN)cc1. The number of carbonyl (C=O) groups excluding carboxylic acids is 2. The highest BCUT2D eigenvalue weighted by Gasteiger charge is 2.31. The van der Waals surface area contributed by atoms with Gasteiger partial charge in [-0.1, -0.05) is 0 Å². The Morgan fingerprint density at radius 2 is 1.95 bits per heavy atom. The third-order valence-corrected chi connectivity index (χ3v) is 3.54. The maximum absolute atomic E-state index is 12.1. The Morgan fingerprint density at radius 3 is 2.47 bits per heavy atom.